The van der Waals surface area contributed by atoms with Crippen LogP contribution in [-0.2, 0) is 6.54 Å². The number of carbonyl (C=O) groups is 1. The Morgan fingerprint density at radius 2 is 1.89 bits per heavy atom. The molecule has 1 N–H and O–H groups in total. The number of nitrogens with zero attached hydrogens (tertiary/aromatic N) is 2. The molecule has 3 aromatic rings. The number of hydrogen-bond donors (Lipinski definition) is 1. The fourth-order valence-electron chi connectivity index (χ4n) is 3.29. The van der Waals surface area contributed by atoms with Crippen LogP contribution in [0.2, 0.25) is 0 Å². The molecule has 144 valence electrons. The van der Waals surface area contributed by atoms with Gasteiger partial charge < -0.3 is 10.0 Å². The van der Waals surface area contributed by atoms with Crippen LogP contribution in [0.3, 0.4) is 0 Å². The minimum atomic E-state index is -0.0375. The maximum Gasteiger partial charge on any atom is 0.254 e. The monoisotopic (exact) mass is 374 g/mol. The van der Waals surface area contributed by atoms with Gasteiger partial charge in [-0.3, -0.25) is 9.78 Å². The normalized spacial score (nSPS) is 10.7. The summed E-state index contributed by atoms with van der Waals surface area (Å²) in [6.45, 7) is 5.23. The molecule has 0 radical (unpaired) electrons. The van der Waals surface area contributed by atoms with Crippen molar-refractivity contribution in [2.75, 3.05) is 13.2 Å². The van der Waals surface area contributed by atoms with E-state index in [0.717, 1.165) is 16.7 Å². The van der Waals surface area contributed by atoms with E-state index in [4.69, 9.17) is 0 Å². The third-order valence-electron chi connectivity index (χ3n) is 4.99. The number of amides is 1. The van der Waals surface area contributed by atoms with E-state index in [1.165, 1.54) is 11.1 Å². The lowest BCUT2D eigenvalue weighted by molar-refractivity contribution is 0.0732. The van der Waals surface area contributed by atoms with Gasteiger partial charge >= 0.3 is 0 Å². The summed E-state index contributed by atoms with van der Waals surface area (Å²) in [5.74, 6) is -0.0375. The number of aromatic nitrogens is 1. The van der Waals surface area contributed by atoms with Crippen LogP contribution in [0.25, 0.3) is 11.1 Å². The third-order valence-corrected chi connectivity index (χ3v) is 4.99. The smallest absolute Gasteiger partial charge is 0.254 e. The first kappa shape index (κ1) is 19.8. The largest absolute Gasteiger partial charge is 0.396 e. The van der Waals surface area contributed by atoms with Crippen molar-refractivity contribution in [2.24, 2.45) is 0 Å². The fraction of sp³-hybridized carbons (Fsp3) is 0.250. The number of rotatable bonds is 7. The first-order valence-electron chi connectivity index (χ1n) is 9.56. The highest BCUT2D eigenvalue weighted by atomic mass is 16.3. The summed E-state index contributed by atoms with van der Waals surface area (Å²) in [7, 11) is 0. The molecule has 1 amide bonds. The van der Waals surface area contributed by atoms with Crippen molar-refractivity contribution in [1.29, 1.82) is 0 Å². The van der Waals surface area contributed by atoms with E-state index in [-0.39, 0.29) is 12.5 Å². The van der Waals surface area contributed by atoms with Crippen molar-refractivity contribution in [3.05, 3.63) is 89.2 Å². The Morgan fingerprint density at radius 3 is 2.64 bits per heavy atom. The Labute approximate surface area is 166 Å². The molecule has 0 aliphatic rings. The second-order valence-corrected chi connectivity index (χ2v) is 6.99. The van der Waals surface area contributed by atoms with E-state index < -0.39 is 0 Å². The fourth-order valence-corrected chi connectivity index (χ4v) is 3.29. The van der Waals surface area contributed by atoms with E-state index in [2.05, 4.69) is 31.0 Å². The molecule has 3 rings (SSSR count). The molecular formula is C24H26N2O2. The van der Waals surface area contributed by atoms with Crippen LogP contribution in [0.5, 0.6) is 0 Å². The minimum absolute atomic E-state index is 0.0375. The molecule has 2 aromatic carbocycles. The Bertz CT molecular complexity index is 938. The van der Waals surface area contributed by atoms with Crippen molar-refractivity contribution in [3.8, 4) is 11.1 Å². The molecule has 1 heterocycles. The second-order valence-electron chi connectivity index (χ2n) is 6.99. The van der Waals surface area contributed by atoms with E-state index in [9.17, 15) is 9.90 Å². The van der Waals surface area contributed by atoms with Crippen LogP contribution in [0.1, 0.15) is 33.5 Å². The number of pyridine rings is 1. The van der Waals surface area contributed by atoms with Crippen LogP contribution >= 0.6 is 0 Å². The van der Waals surface area contributed by atoms with Crippen molar-refractivity contribution in [1.82, 2.24) is 9.88 Å². The molecule has 0 bridgehead atoms. The van der Waals surface area contributed by atoms with Crippen LogP contribution in [0.15, 0.2) is 67.0 Å². The zero-order valence-corrected chi connectivity index (χ0v) is 16.4. The maximum absolute atomic E-state index is 13.2. The summed E-state index contributed by atoms with van der Waals surface area (Å²) in [6.07, 6.45) is 4.03. The Kier molecular flexibility index (Phi) is 6.56. The van der Waals surface area contributed by atoms with Gasteiger partial charge in [0.1, 0.15) is 0 Å². The predicted molar refractivity (Wildman–Crippen MR) is 112 cm³/mol. The molecule has 4 heteroatoms. The molecule has 0 fully saturated rings. The van der Waals surface area contributed by atoms with Gasteiger partial charge in [0, 0.05) is 37.7 Å². The molecule has 28 heavy (non-hydrogen) atoms. The van der Waals surface area contributed by atoms with E-state index in [0.29, 0.717) is 25.1 Å². The Morgan fingerprint density at radius 1 is 1.07 bits per heavy atom. The molecule has 0 saturated heterocycles. The van der Waals surface area contributed by atoms with Gasteiger partial charge in [0.25, 0.3) is 5.91 Å². The van der Waals surface area contributed by atoms with Crippen LogP contribution < -0.4 is 0 Å². The molecule has 4 nitrogen and oxygen atoms in total. The molecule has 1 aromatic heterocycles. The van der Waals surface area contributed by atoms with Gasteiger partial charge in [-0.2, -0.15) is 0 Å². The highest BCUT2D eigenvalue weighted by molar-refractivity contribution is 5.95. The van der Waals surface area contributed by atoms with Gasteiger partial charge in [-0.1, -0.05) is 36.4 Å². The van der Waals surface area contributed by atoms with Gasteiger partial charge in [-0.15, -0.1) is 0 Å². The first-order valence-corrected chi connectivity index (χ1v) is 9.56. The molecule has 0 unspecified atom stereocenters. The minimum Gasteiger partial charge on any atom is -0.396 e. The zero-order chi connectivity index (χ0) is 19.9. The summed E-state index contributed by atoms with van der Waals surface area (Å²) < 4.78 is 0. The zero-order valence-electron chi connectivity index (χ0n) is 16.4. The number of hydrogen-bond acceptors (Lipinski definition) is 3. The highest BCUT2D eigenvalue weighted by Gasteiger charge is 2.17. The number of aryl methyl sites for hydroxylation is 1. The first-order chi connectivity index (χ1) is 13.6. The highest BCUT2D eigenvalue weighted by Crippen LogP contribution is 2.26. The summed E-state index contributed by atoms with van der Waals surface area (Å²) in [5, 5.41) is 9.23. The molecule has 0 atom stereocenters. The lowest BCUT2D eigenvalue weighted by Gasteiger charge is -2.23. The second kappa shape index (κ2) is 9.29. The average Bonchev–Trinajstić information content (AvgIpc) is 2.73. The Hall–Kier alpha value is -2.98. The third kappa shape index (κ3) is 4.65. The lowest BCUT2D eigenvalue weighted by Crippen LogP contribution is -2.32. The van der Waals surface area contributed by atoms with Gasteiger partial charge in [-0.25, -0.2) is 0 Å². The van der Waals surface area contributed by atoms with Crippen LogP contribution in [0.4, 0.5) is 0 Å². The molecule has 0 aliphatic heterocycles. The Balaban J connectivity index is 1.89. The van der Waals surface area contributed by atoms with Gasteiger partial charge in [0.2, 0.25) is 0 Å². The summed E-state index contributed by atoms with van der Waals surface area (Å²) >= 11 is 0. The summed E-state index contributed by atoms with van der Waals surface area (Å²) in [5.41, 5.74) is 6.26. The standard InChI is InChI=1S/C24H26N2O2/c1-18-7-3-11-23(19(18)2)21-9-4-10-22(15-21)24(28)26(13-6-14-27)17-20-8-5-12-25-16-20/h3-5,7-12,15-16,27H,6,13-14,17H2,1-2H3. The van der Waals surface area contributed by atoms with E-state index in [1.54, 1.807) is 17.3 Å². The summed E-state index contributed by atoms with van der Waals surface area (Å²) in [4.78, 5) is 19.1. The molecular weight excluding hydrogens is 348 g/mol. The predicted octanol–water partition coefficient (Wildman–Crippen LogP) is 4.39. The molecule has 0 aliphatic carbocycles. The number of benzene rings is 2. The maximum atomic E-state index is 13.2. The average molecular weight is 374 g/mol. The van der Waals surface area contributed by atoms with Crippen molar-refractivity contribution >= 4 is 5.91 Å². The van der Waals surface area contributed by atoms with E-state index in [1.807, 2.05) is 42.5 Å². The van der Waals surface area contributed by atoms with Crippen molar-refractivity contribution in [3.63, 3.8) is 0 Å². The molecule has 0 spiro atoms. The van der Waals surface area contributed by atoms with Crippen molar-refractivity contribution in [2.45, 2.75) is 26.8 Å². The van der Waals surface area contributed by atoms with Gasteiger partial charge in [-0.05, 0) is 66.3 Å². The van der Waals surface area contributed by atoms with Crippen LogP contribution in [0, 0.1) is 13.8 Å². The number of aliphatic hydroxyl groups excluding tert-OH is 1. The van der Waals surface area contributed by atoms with Gasteiger partial charge in [0.15, 0.2) is 0 Å². The van der Waals surface area contributed by atoms with Crippen LogP contribution in [-0.4, -0.2) is 34.0 Å². The topological polar surface area (TPSA) is 53.4 Å². The molecule has 0 saturated carbocycles. The number of aliphatic hydroxyl groups is 1. The SMILES string of the molecule is Cc1cccc(-c2cccc(C(=O)N(CCCO)Cc3cccnc3)c2)c1C. The number of carbonyl (C=O) groups excluding carboxylic acids is 1. The quantitative estimate of drug-likeness (QED) is 0.667. The lowest BCUT2D eigenvalue weighted by atomic mass is 9.96. The van der Waals surface area contributed by atoms with E-state index >= 15 is 0 Å². The summed E-state index contributed by atoms with van der Waals surface area (Å²) in [6, 6.07) is 17.8. The van der Waals surface area contributed by atoms with Crippen molar-refractivity contribution < 1.29 is 9.90 Å². The van der Waals surface area contributed by atoms with Gasteiger partial charge in [0.05, 0.1) is 0 Å².